The van der Waals surface area contributed by atoms with Gasteiger partial charge in [0.1, 0.15) is 9.84 Å². The molecule has 0 aromatic heterocycles. The summed E-state index contributed by atoms with van der Waals surface area (Å²) in [7, 11) is -2.86. The summed E-state index contributed by atoms with van der Waals surface area (Å²) < 4.78 is 22.1. The molecule has 0 aromatic rings. The smallest absolute Gasteiger partial charge is 0.148 e. The highest BCUT2D eigenvalue weighted by molar-refractivity contribution is 7.90. The van der Waals surface area contributed by atoms with E-state index in [0.29, 0.717) is 6.04 Å². The minimum absolute atomic E-state index is 0.0524. The first-order valence-corrected chi connectivity index (χ1v) is 7.85. The van der Waals surface area contributed by atoms with Crippen molar-refractivity contribution in [2.24, 2.45) is 0 Å². The highest BCUT2D eigenvalue weighted by atomic mass is 32.2. The standard InChI is InChI=1S/C11H25NO2S/c1-5-6-7-8-10(2)12-11(3)9-15(4,13)14/h10-12H,5-9H2,1-4H3. The molecule has 0 saturated heterocycles. The van der Waals surface area contributed by atoms with Gasteiger partial charge in [0.25, 0.3) is 0 Å². The summed E-state index contributed by atoms with van der Waals surface area (Å²) in [6.45, 7) is 6.23. The molecule has 0 aliphatic carbocycles. The van der Waals surface area contributed by atoms with Gasteiger partial charge in [-0.25, -0.2) is 8.42 Å². The molecule has 0 rings (SSSR count). The molecular formula is C11H25NO2S. The van der Waals surface area contributed by atoms with Crippen LogP contribution in [0, 0.1) is 0 Å². The number of unbranched alkanes of at least 4 members (excludes halogenated alkanes) is 2. The molecule has 0 aromatic carbocycles. The second-order valence-electron chi connectivity index (χ2n) is 4.56. The van der Waals surface area contributed by atoms with Gasteiger partial charge < -0.3 is 5.32 Å². The average molecular weight is 235 g/mol. The zero-order valence-corrected chi connectivity index (χ0v) is 11.2. The van der Waals surface area contributed by atoms with Gasteiger partial charge in [0.05, 0.1) is 5.75 Å². The lowest BCUT2D eigenvalue weighted by molar-refractivity contribution is 0.447. The molecule has 2 atom stereocenters. The number of rotatable bonds is 8. The highest BCUT2D eigenvalue weighted by Gasteiger charge is 2.12. The third kappa shape index (κ3) is 10.2. The van der Waals surface area contributed by atoms with Gasteiger partial charge in [-0.1, -0.05) is 26.2 Å². The maximum atomic E-state index is 11.0. The Morgan fingerprint density at radius 1 is 1.13 bits per heavy atom. The summed E-state index contributed by atoms with van der Waals surface area (Å²) in [4.78, 5) is 0. The zero-order valence-electron chi connectivity index (χ0n) is 10.4. The van der Waals surface area contributed by atoms with Crippen molar-refractivity contribution in [1.82, 2.24) is 5.32 Å². The number of hydrogen-bond acceptors (Lipinski definition) is 3. The van der Waals surface area contributed by atoms with Gasteiger partial charge in [0.2, 0.25) is 0 Å². The fourth-order valence-electron chi connectivity index (χ4n) is 1.77. The topological polar surface area (TPSA) is 46.2 Å². The Kier molecular flexibility index (Phi) is 7.18. The van der Waals surface area contributed by atoms with Crippen molar-refractivity contribution in [3.05, 3.63) is 0 Å². The normalized spacial score (nSPS) is 16.3. The van der Waals surface area contributed by atoms with Crippen molar-refractivity contribution in [1.29, 1.82) is 0 Å². The van der Waals surface area contributed by atoms with Crippen LogP contribution >= 0.6 is 0 Å². The third-order valence-electron chi connectivity index (χ3n) is 2.36. The average Bonchev–Trinajstić information content (AvgIpc) is 2.00. The largest absolute Gasteiger partial charge is 0.311 e. The molecule has 3 nitrogen and oxygen atoms in total. The number of nitrogens with one attached hydrogen (secondary N) is 1. The van der Waals surface area contributed by atoms with E-state index in [1.165, 1.54) is 25.5 Å². The molecule has 0 bridgehead atoms. The predicted octanol–water partition coefficient (Wildman–Crippen LogP) is 1.98. The Morgan fingerprint density at radius 3 is 2.20 bits per heavy atom. The lowest BCUT2D eigenvalue weighted by atomic mass is 10.1. The van der Waals surface area contributed by atoms with Crippen LogP contribution in [0.3, 0.4) is 0 Å². The van der Waals surface area contributed by atoms with E-state index in [1.807, 2.05) is 6.92 Å². The van der Waals surface area contributed by atoms with Crippen molar-refractivity contribution in [3.63, 3.8) is 0 Å². The van der Waals surface area contributed by atoms with E-state index in [-0.39, 0.29) is 11.8 Å². The maximum Gasteiger partial charge on any atom is 0.148 e. The quantitative estimate of drug-likeness (QED) is 0.654. The summed E-state index contributed by atoms with van der Waals surface area (Å²) in [6.07, 6.45) is 6.11. The predicted molar refractivity (Wildman–Crippen MR) is 65.9 cm³/mol. The minimum atomic E-state index is -2.86. The molecule has 0 radical (unpaired) electrons. The molecular weight excluding hydrogens is 210 g/mol. The molecule has 1 N–H and O–H groups in total. The van der Waals surface area contributed by atoms with Gasteiger partial charge in [-0.05, 0) is 20.3 Å². The van der Waals surface area contributed by atoms with Gasteiger partial charge in [0.15, 0.2) is 0 Å². The van der Waals surface area contributed by atoms with Gasteiger partial charge >= 0.3 is 0 Å². The van der Waals surface area contributed by atoms with E-state index in [9.17, 15) is 8.42 Å². The van der Waals surface area contributed by atoms with Gasteiger partial charge in [-0.3, -0.25) is 0 Å². The van der Waals surface area contributed by atoms with Crippen LogP contribution in [0.5, 0.6) is 0 Å². The molecule has 0 heterocycles. The van der Waals surface area contributed by atoms with Crippen LogP contribution < -0.4 is 5.32 Å². The first-order chi connectivity index (χ1) is 6.85. The van der Waals surface area contributed by atoms with E-state index in [1.54, 1.807) is 0 Å². The first-order valence-electron chi connectivity index (χ1n) is 5.79. The Morgan fingerprint density at radius 2 is 1.73 bits per heavy atom. The van der Waals surface area contributed by atoms with E-state index in [2.05, 4.69) is 19.2 Å². The second kappa shape index (κ2) is 7.23. The van der Waals surface area contributed by atoms with Crippen LogP contribution in [0.4, 0.5) is 0 Å². The molecule has 0 spiro atoms. The lowest BCUT2D eigenvalue weighted by Gasteiger charge is -2.19. The summed E-state index contributed by atoms with van der Waals surface area (Å²) in [6, 6.07) is 0.463. The maximum absolute atomic E-state index is 11.0. The SMILES string of the molecule is CCCCCC(C)NC(C)CS(C)(=O)=O. The molecule has 0 fully saturated rings. The second-order valence-corrected chi connectivity index (χ2v) is 6.74. The van der Waals surface area contributed by atoms with E-state index in [4.69, 9.17) is 0 Å². The van der Waals surface area contributed by atoms with E-state index >= 15 is 0 Å². The van der Waals surface area contributed by atoms with Crippen LogP contribution in [-0.2, 0) is 9.84 Å². The molecule has 0 amide bonds. The summed E-state index contributed by atoms with van der Waals surface area (Å²) in [5, 5.41) is 3.32. The van der Waals surface area contributed by atoms with Crippen molar-refractivity contribution < 1.29 is 8.42 Å². The van der Waals surface area contributed by atoms with Crippen molar-refractivity contribution in [3.8, 4) is 0 Å². The number of hydrogen-bond donors (Lipinski definition) is 1. The first kappa shape index (κ1) is 14.9. The Balaban J connectivity index is 3.71. The van der Waals surface area contributed by atoms with Gasteiger partial charge in [0, 0.05) is 18.3 Å². The van der Waals surface area contributed by atoms with E-state index in [0.717, 1.165) is 6.42 Å². The monoisotopic (exact) mass is 235 g/mol. The molecule has 0 saturated carbocycles. The zero-order chi connectivity index (χ0) is 11.9. The fraction of sp³-hybridized carbons (Fsp3) is 1.00. The Hall–Kier alpha value is -0.0900. The van der Waals surface area contributed by atoms with Crippen molar-refractivity contribution in [2.45, 2.75) is 58.5 Å². The van der Waals surface area contributed by atoms with Crippen LogP contribution in [0.15, 0.2) is 0 Å². The van der Waals surface area contributed by atoms with Crippen molar-refractivity contribution >= 4 is 9.84 Å². The minimum Gasteiger partial charge on any atom is -0.311 e. The van der Waals surface area contributed by atoms with Crippen molar-refractivity contribution in [2.75, 3.05) is 12.0 Å². The van der Waals surface area contributed by atoms with Gasteiger partial charge in [-0.15, -0.1) is 0 Å². The Bertz CT molecular complexity index is 249. The molecule has 4 heteroatoms. The molecule has 0 aliphatic heterocycles. The third-order valence-corrected chi connectivity index (χ3v) is 3.47. The van der Waals surface area contributed by atoms with Gasteiger partial charge in [-0.2, -0.15) is 0 Å². The summed E-state index contributed by atoms with van der Waals surface area (Å²) >= 11 is 0. The van der Waals surface area contributed by atoms with Crippen LogP contribution in [-0.4, -0.2) is 32.5 Å². The molecule has 2 unspecified atom stereocenters. The van der Waals surface area contributed by atoms with E-state index < -0.39 is 9.84 Å². The van der Waals surface area contributed by atoms with Crippen LogP contribution in [0.25, 0.3) is 0 Å². The lowest BCUT2D eigenvalue weighted by Crippen LogP contribution is -2.38. The fourth-order valence-corrected chi connectivity index (χ4v) is 2.78. The van der Waals surface area contributed by atoms with Crippen LogP contribution in [0.1, 0.15) is 46.5 Å². The molecule has 92 valence electrons. The number of sulfone groups is 1. The summed E-state index contributed by atoms with van der Waals surface area (Å²) in [5.74, 6) is 0.227. The highest BCUT2D eigenvalue weighted by Crippen LogP contribution is 2.04. The molecule has 15 heavy (non-hydrogen) atoms. The summed E-state index contributed by atoms with van der Waals surface area (Å²) in [5.41, 5.74) is 0. The Labute approximate surface area is 94.6 Å². The molecule has 0 aliphatic rings. The van der Waals surface area contributed by atoms with Crippen LogP contribution in [0.2, 0.25) is 0 Å².